The maximum atomic E-state index is 10.4. The molecule has 0 fully saturated rings. The van der Waals surface area contributed by atoms with Gasteiger partial charge in [-0.25, -0.2) is 4.57 Å². The predicted octanol–water partition coefficient (Wildman–Crippen LogP) is 8.37. The molecule has 0 bridgehead atoms. The molecule has 0 atom stereocenters. The smallest absolute Gasteiger partial charge is 0.216 e. The third-order valence-electron chi connectivity index (χ3n) is 9.36. The van der Waals surface area contributed by atoms with Gasteiger partial charge in [0, 0.05) is 28.5 Å². The van der Waals surface area contributed by atoms with Gasteiger partial charge in [-0.1, -0.05) is 45.9 Å². The lowest BCUT2D eigenvalue weighted by Gasteiger charge is -2.25. The molecule has 3 heteroatoms. The fourth-order valence-electron chi connectivity index (χ4n) is 8.14. The summed E-state index contributed by atoms with van der Waals surface area (Å²) in [5.41, 5.74) is 14.0. The molecule has 7 rings (SSSR count). The van der Waals surface area contributed by atoms with Gasteiger partial charge in [0.05, 0.1) is 17.2 Å². The van der Waals surface area contributed by atoms with E-state index in [1.54, 1.807) is 5.56 Å². The molecule has 194 valence electrons. The number of aromatic nitrogens is 1. The molecular weight excluding hydrogens is 476 g/mol. The van der Waals surface area contributed by atoms with Gasteiger partial charge in [0.2, 0.25) is 5.69 Å². The topological polar surface area (TPSA) is 40.8 Å². The highest BCUT2D eigenvalue weighted by Crippen LogP contribution is 2.57. The molecule has 0 radical (unpaired) electrons. The average molecular weight is 512 g/mol. The van der Waals surface area contributed by atoms with Gasteiger partial charge in [-0.3, -0.25) is 0 Å². The molecule has 0 amide bonds. The number of aryl methyl sites for hydroxylation is 3. The Bertz CT molecular complexity index is 1890. The van der Waals surface area contributed by atoms with Crippen LogP contribution < -0.4 is 4.57 Å². The van der Waals surface area contributed by atoms with Gasteiger partial charge in [-0.05, 0) is 95.0 Å². The molecule has 2 aliphatic carbocycles. The van der Waals surface area contributed by atoms with E-state index in [4.69, 9.17) is 4.42 Å². The summed E-state index contributed by atoms with van der Waals surface area (Å²) >= 11 is 0. The predicted molar refractivity (Wildman–Crippen MR) is 158 cm³/mol. The van der Waals surface area contributed by atoms with Gasteiger partial charge in [0.15, 0.2) is 6.20 Å². The Kier molecular flexibility index (Phi) is 4.99. The normalized spacial score (nSPS) is 16.9. The van der Waals surface area contributed by atoms with Crippen molar-refractivity contribution in [1.82, 2.24) is 0 Å². The van der Waals surface area contributed by atoms with Crippen molar-refractivity contribution in [1.29, 1.82) is 5.26 Å². The fourth-order valence-corrected chi connectivity index (χ4v) is 8.14. The number of benzene rings is 3. The van der Waals surface area contributed by atoms with Crippen LogP contribution in [-0.4, -0.2) is 0 Å². The van der Waals surface area contributed by atoms with Crippen molar-refractivity contribution in [3.8, 4) is 28.5 Å². The van der Waals surface area contributed by atoms with Crippen LogP contribution in [0, 0.1) is 18.3 Å². The second kappa shape index (κ2) is 8.06. The van der Waals surface area contributed by atoms with E-state index in [9.17, 15) is 5.26 Å². The van der Waals surface area contributed by atoms with Crippen LogP contribution in [-0.2, 0) is 30.7 Å². The second-order valence-electron chi connectivity index (χ2n) is 13.0. The average Bonchev–Trinajstić information content (AvgIpc) is 3.55. The highest BCUT2D eigenvalue weighted by atomic mass is 16.3. The Morgan fingerprint density at radius 1 is 0.872 bits per heavy atom. The van der Waals surface area contributed by atoms with Crippen molar-refractivity contribution < 1.29 is 8.98 Å². The van der Waals surface area contributed by atoms with Crippen LogP contribution >= 0.6 is 0 Å². The number of fused-ring (bicyclic) bond motifs is 6. The number of rotatable bonds is 2. The largest absolute Gasteiger partial charge is 0.454 e. The van der Waals surface area contributed by atoms with Crippen LogP contribution in [0.5, 0.6) is 0 Å². The van der Waals surface area contributed by atoms with Crippen molar-refractivity contribution >= 4 is 21.9 Å². The summed E-state index contributed by atoms with van der Waals surface area (Å²) in [4.78, 5) is 0. The van der Waals surface area contributed by atoms with Gasteiger partial charge in [0.1, 0.15) is 18.2 Å². The number of hydrogen-bond donors (Lipinski definition) is 0. The zero-order chi connectivity index (χ0) is 27.3. The summed E-state index contributed by atoms with van der Waals surface area (Å²) in [6.45, 7) is 11.7. The van der Waals surface area contributed by atoms with Gasteiger partial charge in [-0.2, -0.15) is 5.26 Å². The quantitative estimate of drug-likeness (QED) is 0.223. The summed E-state index contributed by atoms with van der Waals surface area (Å²) < 4.78 is 9.08. The minimum absolute atomic E-state index is 0.00618. The first-order valence-electron chi connectivity index (χ1n) is 14.2. The lowest BCUT2D eigenvalue weighted by molar-refractivity contribution is -0.660. The van der Waals surface area contributed by atoms with Crippen LogP contribution in [0.25, 0.3) is 44.3 Å². The van der Waals surface area contributed by atoms with Crippen molar-refractivity contribution in [2.45, 2.75) is 71.1 Å². The number of nitrogens with zero attached hydrogens (tertiary/aromatic N) is 2. The Hall–Kier alpha value is -3.90. The van der Waals surface area contributed by atoms with E-state index in [0.29, 0.717) is 5.56 Å². The molecule has 39 heavy (non-hydrogen) atoms. The van der Waals surface area contributed by atoms with Crippen LogP contribution in [0.15, 0.2) is 59.1 Å². The highest BCUT2D eigenvalue weighted by molar-refractivity contribution is 6.14. The summed E-state index contributed by atoms with van der Waals surface area (Å²) in [5, 5.41) is 12.6. The van der Waals surface area contributed by atoms with E-state index >= 15 is 0 Å². The van der Waals surface area contributed by atoms with Gasteiger partial charge in [0.25, 0.3) is 0 Å². The monoisotopic (exact) mass is 511 g/mol. The Morgan fingerprint density at radius 3 is 2.33 bits per heavy atom. The number of nitriles is 1. The maximum Gasteiger partial charge on any atom is 0.216 e. The maximum absolute atomic E-state index is 10.4. The van der Waals surface area contributed by atoms with Gasteiger partial charge < -0.3 is 4.42 Å². The Balaban J connectivity index is 1.63. The van der Waals surface area contributed by atoms with E-state index in [0.717, 1.165) is 58.0 Å². The molecule has 0 N–H and O–H groups in total. The fraction of sp³-hybridized carbons (Fsp3) is 0.333. The molecule has 0 aliphatic heterocycles. The summed E-state index contributed by atoms with van der Waals surface area (Å²) in [7, 11) is 2.08. The molecule has 3 aromatic carbocycles. The molecule has 2 heterocycles. The number of furan rings is 1. The number of hydrogen-bond acceptors (Lipinski definition) is 2. The van der Waals surface area contributed by atoms with Crippen LogP contribution in [0.4, 0.5) is 0 Å². The van der Waals surface area contributed by atoms with Crippen LogP contribution in [0.2, 0.25) is 0 Å². The zero-order valence-electron chi connectivity index (χ0n) is 23.8. The van der Waals surface area contributed by atoms with E-state index in [1.807, 2.05) is 12.1 Å². The molecule has 0 saturated carbocycles. The first-order valence-corrected chi connectivity index (χ1v) is 14.2. The zero-order valence-corrected chi connectivity index (χ0v) is 23.8. The minimum Gasteiger partial charge on any atom is -0.454 e. The number of pyridine rings is 1. The van der Waals surface area contributed by atoms with Crippen molar-refractivity contribution in [2.75, 3.05) is 0 Å². The summed E-state index contributed by atoms with van der Waals surface area (Å²) in [5.74, 6) is 0. The lowest BCUT2D eigenvalue weighted by Crippen LogP contribution is -2.30. The first kappa shape index (κ1) is 24.2. The lowest BCUT2D eigenvalue weighted by atomic mass is 9.79. The van der Waals surface area contributed by atoms with Crippen molar-refractivity contribution in [3.63, 3.8) is 0 Å². The Labute approximate surface area is 230 Å². The second-order valence-corrected chi connectivity index (χ2v) is 13.0. The standard InChI is InChI=1S/C36H35N2O/c1-21-13-15-25-26-16-14-23(19-37)30(34(26)39-33(25)29(21)28-12-7-8-17-38(28)6)27-18-22-10-9-11-24(22)31-32(27)36(4,5)20-35(31,2)3/h7-8,12-18H,9-11,20H2,1-6H3/q+1. The molecule has 3 nitrogen and oxygen atoms in total. The van der Waals surface area contributed by atoms with Crippen LogP contribution in [0.3, 0.4) is 0 Å². The van der Waals surface area contributed by atoms with Crippen molar-refractivity contribution in [3.05, 3.63) is 88.1 Å². The van der Waals surface area contributed by atoms with Crippen molar-refractivity contribution in [2.24, 2.45) is 7.05 Å². The van der Waals surface area contributed by atoms with E-state index in [1.165, 1.54) is 34.2 Å². The molecule has 2 aromatic heterocycles. The third-order valence-corrected chi connectivity index (χ3v) is 9.36. The van der Waals surface area contributed by atoms with Crippen LogP contribution in [0.1, 0.15) is 73.9 Å². The first-order chi connectivity index (χ1) is 18.6. The van der Waals surface area contributed by atoms with Gasteiger partial charge >= 0.3 is 0 Å². The van der Waals surface area contributed by atoms with Gasteiger partial charge in [-0.15, -0.1) is 0 Å². The molecule has 0 unspecified atom stereocenters. The molecule has 0 spiro atoms. The molecule has 2 aliphatic rings. The highest BCUT2D eigenvalue weighted by Gasteiger charge is 2.46. The molecular formula is C36H35N2O+. The Morgan fingerprint density at radius 2 is 1.59 bits per heavy atom. The third kappa shape index (κ3) is 3.31. The van der Waals surface area contributed by atoms with E-state index in [-0.39, 0.29) is 10.8 Å². The molecule has 0 saturated heterocycles. The SMILES string of the molecule is Cc1ccc2c(oc3c(-c4cc5c(c6c4C(C)(C)CC6(C)C)CCC5)c(C#N)ccc32)c1-c1cccc[n+]1C. The van der Waals surface area contributed by atoms with E-state index in [2.05, 4.69) is 94.9 Å². The van der Waals surface area contributed by atoms with E-state index < -0.39 is 0 Å². The summed E-state index contributed by atoms with van der Waals surface area (Å²) in [6.07, 6.45) is 6.66. The minimum atomic E-state index is 0.00618. The molecule has 5 aromatic rings. The summed E-state index contributed by atoms with van der Waals surface area (Å²) in [6, 6.07) is 19.7.